The molecule has 0 saturated heterocycles. The number of nitrogens with one attached hydrogen (secondary N) is 1. The van der Waals surface area contributed by atoms with E-state index in [4.69, 9.17) is 25.8 Å². The molecule has 1 amide bonds. The molecule has 27 heavy (non-hydrogen) atoms. The third-order valence-electron chi connectivity index (χ3n) is 4.23. The normalized spacial score (nSPS) is 11.6. The van der Waals surface area contributed by atoms with Gasteiger partial charge in [0.15, 0.2) is 17.6 Å². The van der Waals surface area contributed by atoms with Crippen molar-refractivity contribution in [1.29, 1.82) is 0 Å². The third-order valence-corrected chi connectivity index (χ3v) is 4.66. The SMILES string of the molecule is CC[C@H](Oc1ccc(Cl)c(C)c1)C(=O)NCCc1ccc(OC)c(OC)c1. The van der Waals surface area contributed by atoms with Gasteiger partial charge in [0.05, 0.1) is 14.2 Å². The van der Waals surface area contributed by atoms with Gasteiger partial charge in [-0.2, -0.15) is 0 Å². The standard InChI is InChI=1S/C21H26ClNO4/c1-5-18(27-16-7-8-17(22)14(2)12-16)21(24)23-11-10-15-6-9-19(25-3)20(13-15)26-4/h6-9,12-13,18H,5,10-11H2,1-4H3,(H,23,24)/t18-/m0/s1. The van der Waals surface area contributed by atoms with Crippen LogP contribution in [0, 0.1) is 6.92 Å². The van der Waals surface area contributed by atoms with Crippen molar-refractivity contribution in [1.82, 2.24) is 5.32 Å². The number of hydrogen-bond donors (Lipinski definition) is 1. The molecule has 2 aromatic carbocycles. The number of rotatable bonds is 9. The molecule has 0 saturated carbocycles. The van der Waals surface area contributed by atoms with Crippen LogP contribution in [0.15, 0.2) is 36.4 Å². The first-order valence-electron chi connectivity index (χ1n) is 8.89. The van der Waals surface area contributed by atoms with Gasteiger partial charge >= 0.3 is 0 Å². The van der Waals surface area contributed by atoms with Crippen molar-refractivity contribution in [3.05, 3.63) is 52.5 Å². The Morgan fingerprint density at radius 3 is 2.48 bits per heavy atom. The highest BCUT2D eigenvalue weighted by molar-refractivity contribution is 6.31. The molecule has 0 fully saturated rings. The first kappa shape index (κ1) is 20.9. The molecular weight excluding hydrogens is 366 g/mol. The molecule has 0 aromatic heterocycles. The second-order valence-electron chi connectivity index (χ2n) is 6.16. The minimum absolute atomic E-state index is 0.134. The van der Waals surface area contributed by atoms with E-state index in [2.05, 4.69) is 5.32 Å². The fourth-order valence-corrected chi connectivity index (χ4v) is 2.77. The maximum absolute atomic E-state index is 12.4. The van der Waals surface area contributed by atoms with Crippen LogP contribution in [-0.4, -0.2) is 32.8 Å². The van der Waals surface area contributed by atoms with Crippen LogP contribution >= 0.6 is 11.6 Å². The molecule has 0 aliphatic carbocycles. The minimum Gasteiger partial charge on any atom is -0.493 e. The van der Waals surface area contributed by atoms with E-state index in [0.29, 0.717) is 41.7 Å². The summed E-state index contributed by atoms with van der Waals surface area (Å²) in [5.74, 6) is 1.86. The van der Waals surface area contributed by atoms with Crippen molar-refractivity contribution >= 4 is 17.5 Å². The number of benzene rings is 2. The zero-order valence-corrected chi connectivity index (χ0v) is 16.9. The summed E-state index contributed by atoms with van der Waals surface area (Å²) in [4.78, 5) is 12.4. The molecule has 1 atom stereocenters. The van der Waals surface area contributed by atoms with Crippen molar-refractivity contribution in [2.75, 3.05) is 20.8 Å². The number of hydrogen-bond acceptors (Lipinski definition) is 4. The van der Waals surface area contributed by atoms with Gasteiger partial charge in [0.2, 0.25) is 0 Å². The minimum atomic E-state index is -0.545. The summed E-state index contributed by atoms with van der Waals surface area (Å²) in [7, 11) is 3.20. The lowest BCUT2D eigenvalue weighted by Crippen LogP contribution is -2.38. The Kier molecular flexibility index (Phi) is 7.80. The average molecular weight is 392 g/mol. The number of ether oxygens (including phenoxy) is 3. The van der Waals surface area contributed by atoms with Crippen LogP contribution in [0.25, 0.3) is 0 Å². The molecule has 0 heterocycles. The van der Waals surface area contributed by atoms with Crippen LogP contribution in [0.1, 0.15) is 24.5 Å². The van der Waals surface area contributed by atoms with Crippen molar-refractivity contribution in [2.24, 2.45) is 0 Å². The summed E-state index contributed by atoms with van der Waals surface area (Å²) >= 11 is 6.03. The van der Waals surface area contributed by atoms with Crippen LogP contribution < -0.4 is 19.5 Å². The number of carbonyl (C=O) groups is 1. The highest BCUT2D eigenvalue weighted by Gasteiger charge is 2.18. The first-order valence-corrected chi connectivity index (χ1v) is 9.27. The molecule has 0 aliphatic rings. The monoisotopic (exact) mass is 391 g/mol. The lowest BCUT2D eigenvalue weighted by molar-refractivity contribution is -0.128. The average Bonchev–Trinajstić information content (AvgIpc) is 2.68. The van der Waals surface area contributed by atoms with Crippen LogP contribution in [0.3, 0.4) is 0 Å². The highest BCUT2D eigenvalue weighted by atomic mass is 35.5. The van der Waals surface area contributed by atoms with E-state index in [1.54, 1.807) is 26.4 Å². The Morgan fingerprint density at radius 2 is 1.85 bits per heavy atom. The third kappa shape index (κ3) is 5.79. The second kappa shape index (κ2) is 10.1. The largest absolute Gasteiger partial charge is 0.493 e. The van der Waals surface area contributed by atoms with Crippen molar-refractivity contribution in [3.8, 4) is 17.2 Å². The van der Waals surface area contributed by atoms with E-state index in [9.17, 15) is 4.79 Å². The maximum Gasteiger partial charge on any atom is 0.261 e. The molecular formula is C21H26ClNO4. The summed E-state index contributed by atoms with van der Waals surface area (Å²) in [6, 6.07) is 11.1. The Morgan fingerprint density at radius 1 is 1.11 bits per heavy atom. The van der Waals surface area contributed by atoms with Gasteiger partial charge in [-0.3, -0.25) is 4.79 Å². The Labute approximate surface area is 165 Å². The van der Waals surface area contributed by atoms with Crippen molar-refractivity contribution in [3.63, 3.8) is 0 Å². The summed E-state index contributed by atoms with van der Waals surface area (Å²) in [5.41, 5.74) is 1.97. The van der Waals surface area contributed by atoms with Gasteiger partial charge in [0.25, 0.3) is 5.91 Å². The molecule has 0 spiro atoms. The van der Waals surface area contributed by atoms with E-state index in [1.165, 1.54) is 0 Å². The summed E-state index contributed by atoms with van der Waals surface area (Å²) in [5, 5.41) is 3.61. The van der Waals surface area contributed by atoms with E-state index in [1.807, 2.05) is 38.1 Å². The molecule has 0 unspecified atom stereocenters. The maximum atomic E-state index is 12.4. The number of halogens is 1. The number of methoxy groups -OCH3 is 2. The van der Waals surface area contributed by atoms with E-state index in [-0.39, 0.29) is 5.91 Å². The fraction of sp³-hybridized carbons (Fsp3) is 0.381. The molecule has 146 valence electrons. The highest BCUT2D eigenvalue weighted by Crippen LogP contribution is 2.27. The predicted molar refractivity (Wildman–Crippen MR) is 107 cm³/mol. The summed E-state index contributed by atoms with van der Waals surface area (Å²) < 4.78 is 16.4. The molecule has 0 bridgehead atoms. The van der Waals surface area contributed by atoms with Crippen LogP contribution in [0.5, 0.6) is 17.2 Å². The molecule has 2 rings (SSSR count). The van der Waals surface area contributed by atoms with Crippen LogP contribution in [0.2, 0.25) is 5.02 Å². The predicted octanol–water partition coefficient (Wildman–Crippen LogP) is 4.18. The second-order valence-corrected chi connectivity index (χ2v) is 6.56. The zero-order chi connectivity index (χ0) is 19.8. The molecule has 0 aliphatic heterocycles. The first-order chi connectivity index (χ1) is 13.0. The fourth-order valence-electron chi connectivity index (χ4n) is 2.66. The van der Waals surface area contributed by atoms with Gasteiger partial charge in [-0.25, -0.2) is 0 Å². The lowest BCUT2D eigenvalue weighted by atomic mass is 10.1. The van der Waals surface area contributed by atoms with Gasteiger partial charge in [0, 0.05) is 11.6 Å². The van der Waals surface area contributed by atoms with Crippen LogP contribution in [-0.2, 0) is 11.2 Å². The summed E-state index contributed by atoms with van der Waals surface area (Å²) in [6.45, 7) is 4.33. The number of carbonyl (C=O) groups excluding carboxylic acids is 1. The number of aryl methyl sites for hydroxylation is 1. The van der Waals surface area contributed by atoms with Gasteiger partial charge in [0.1, 0.15) is 5.75 Å². The van der Waals surface area contributed by atoms with Gasteiger partial charge < -0.3 is 19.5 Å². The zero-order valence-electron chi connectivity index (χ0n) is 16.2. The lowest BCUT2D eigenvalue weighted by Gasteiger charge is -2.18. The molecule has 2 aromatic rings. The molecule has 5 nitrogen and oxygen atoms in total. The quantitative estimate of drug-likeness (QED) is 0.696. The van der Waals surface area contributed by atoms with E-state index >= 15 is 0 Å². The van der Waals surface area contributed by atoms with E-state index in [0.717, 1.165) is 11.1 Å². The van der Waals surface area contributed by atoms with Crippen molar-refractivity contribution in [2.45, 2.75) is 32.8 Å². The van der Waals surface area contributed by atoms with Gasteiger partial charge in [-0.05, 0) is 61.2 Å². The van der Waals surface area contributed by atoms with E-state index < -0.39 is 6.10 Å². The Bertz CT molecular complexity index is 779. The van der Waals surface area contributed by atoms with Crippen molar-refractivity contribution < 1.29 is 19.0 Å². The van der Waals surface area contributed by atoms with Crippen LogP contribution in [0.4, 0.5) is 0 Å². The Balaban J connectivity index is 1.90. The smallest absolute Gasteiger partial charge is 0.261 e. The summed E-state index contributed by atoms with van der Waals surface area (Å²) in [6.07, 6.45) is 0.711. The topological polar surface area (TPSA) is 56.8 Å². The van der Waals surface area contributed by atoms with Gasteiger partial charge in [-0.15, -0.1) is 0 Å². The number of amides is 1. The molecule has 0 radical (unpaired) electrons. The molecule has 1 N–H and O–H groups in total. The Hall–Kier alpha value is -2.40. The molecule has 6 heteroatoms. The van der Waals surface area contributed by atoms with Gasteiger partial charge in [-0.1, -0.05) is 24.6 Å².